The third-order valence-corrected chi connectivity index (χ3v) is 3.35. The fourth-order valence-corrected chi connectivity index (χ4v) is 2.10. The van der Waals surface area contributed by atoms with E-state index in [-0.39, 0.29) is 19.8 Å². The Hall–Kier alpha value is -3.24. The van der Waals surface area contributed by atoms with Crippen LogP contribution in [-0.2, 0) is 27.5 Å². The molecule has 2 aromatic rings. The smallest absolute Gasteiger partial charge is 0.341 e. The van der Waals surface area contributed by atoms with Crippen LogP contribution in [0.15, 0.2) is 24.3 Å². The number of methoxy groups -OCH3 is 1. The zero-order chi connectivity index (χ0) is 23.8. The summed E-state index contributed by atoms with van der Waals surface area (Å²) in [6, 6.07) is 6.62. The standard InChI is InChI=1S/C10H13NO4.C9H11NO4.C2H6/c1-7-9(15-6-10(12)13)4-3-8(11-7)5-14-2;1-6-8(14-5-9(12)13)3-2-7(4-11)10-6;1-2/h3-4H,5-6H2,1-2H3,(H,12,13);2-3,11H,4-5H2,1H3,(H,12,13);1-2H3. The van der Waals surface area contributed by atoms with Crippen LogP contribution in [0.2, 0.25) is 0 Å². The Balaban J connectivity index is 0.000000539. The largest absolute Gasteiger partial charge is 0.480 e. The number of carbonyl (C=O) groups is 2. The van der Waals surface area contributed by atoms with Crippen molar-refractivity contribution in [1.82, 2.24) is 9.97 Å². The molecule has 2 rings (SSSR count). The summed E-state index contributed by atoms with van der Waals surface area (Å²) in [6.45, 7) is 7.00. The van der Waals surface area contributed by atoms with Gasteiger partial charge in [-0.3, -0.25) is 9.97 Å². The molecule has 0 saturated carbocycles. The van der Waals surface area contributed by atoms with Gasteiger partial charge in [0, 0.05) is 7.11 Å². The van der Waals surface area contributed by atoms with Crippen LogP contribution in [0, 0.1) is 13.8 Å². The lowest BCUT2D eigenvalue weighted by atomic mass is 10.3. The fraction of sp³-hybridized carbons (Fsp3) is 0.429. The summed E-state index contributed by atoms with van der Waals surface area (Å²) in [4.78, 5) is 28.7. The molecule has 0 aliphatic heterocycles. The first-order chi connectivity index (χ1) is 14.8. The molecule has 0 atom stereocenters. The molecule has 172 valence electrons. The van der Waals surface area contributed by atoms with E-state index in [1.165, 1.54) is 0 Å². The van der Waals surface area contributed by atoms with E-state index < -0.39 is 11.9 Å². The first kappa shape index (κ1) is 27.8. The Morgan fingerprint density at radius 1 is 0.839 bits per heavy atom. The van der Waals surface area contributed by atoms with Gasteiger partial charge in [-0.2, -0.15) is 0 Å². The number of pyridine rings is 2. The van der Waals surface area contributed by atoms with E-state index >= 15 is 0 Å². The van der Waals surface area contributed by atoms with Crippen LogP contribution in [0.25, 0.3) is 0 Å². The van der Waals surface area contributed by atoms with Gasteiger partial charge in [0.15, 0.2) is 13.2 Å². The van der Waals surface area contributed by atoms with Crippen LogP contribution >= 0.6 is 0 Å². The molecule has 31 heavy (non-hydrogen) atoms. The molecule has 0 aromatic carbocycles. The van der Waals surface area contributed by atoms with Gasteiger partial charge in [0.05, 0.1) is 36.0 Å². The molecule has 0 amide bonds. The quantitative estimate of drug-likeness (QED) is 0.533. The second-order valence-electron chi connectivity index (χ2n) is 5.73. The SMILES string of the molecule is CC.COCc1ccc(OCC(=O)O)c(C)n1.Cc1nc(CO)ccc1OCC(=O)O. The normalized spacial score (nSPS) is 9.48. The first-order valence-corrected chi connectivity index (χ1v) is 9.48. The highest BCUT2D eigenvalue weighted by Crippen LogP contribution is 2.16. The van der Waals surface area contributed by atoms with Crippen LogP contribution in [0.1, 0.15) is 36.6 Å². The van der Waals surface area contributed by atoms with Gasteiger partial charge in [-0.25, -0.2) is 9.59 Å². The lowest BCUT2D eigenvalue weighted by Crippen LogP contribution is -2.10. The van der Waals surface area contributed by atoms with Crippen molar-refractivity contribution in [2.75, 3.05) is 20.3 Å². The number of carboxylic acid groups (broad SMARTS) is 2. The van der Waals surface area contributed by atoms with Gasteiger partial charge < -0.3 is 29.5 Å². The number of nitrogens with zero attached hydrogens (tertiary/aromatic N) is 2. The zero-order valence-corrected chi connectivity index (χ0v) is 18.4. The second kappa shape index (κ2) is 15.6. The summed E-state index contributed by atoms with van der Waals surface area (Å²) in [5, 5.41) is 25.6. The van der Waals surface area contributed by atoms with Crippen LogP contribution in [-0.4, -0.2) is 57.5 Å². The van der Waals surface area contributed by atoms with Crippen molar-refractivity contribution in [3.63, 3.8) is 0 Å². The van der Waals surface area contributed by atoms with E-state index in [0.717, 1.165) is 5.69 Å². The van der Waals surface area contributed by atoms with Gasteiger partial charge in [0.1, 0.15) is 11.5 Å². The summed E-state index contributed by atoms with van der Waals surface area (Å²) in [5.41, 5.74) is 2.55. The van der Waals surface area contributed by atoms with Crippen molar-refractivity contribution in [2.45, 2.75) is 40.9 Å². The van der Waals surface area contributed by atoms with Crippen molar-refractivity contribution in [3.05, 3.63) is 47.0 Å². The van der Waals surface area contributed by atoms with Crippen molar-refractivity contribution in [2.24, 2.45) is 0 Å². The Morgan fingerprint density at radius 2 is 1.26 bits per heavy atom. The molecule has 0 spiro atoms. The highest BCUT2D eigenvalue weighted by molar-refractivity contribution is 5.68. The van der Waals surface area contributed by atoms with Crippen molar-refractivity contribution < 1.29 is 39.1 Å². The van der Waals surface area contributed by atoms with Crippen LogP contribution in [0.3, 0.4) is 0 Å². The molecule has 0 radical (unpaired) electrons. The number of rotatable bonds is 9. The number of aliphatic hydroxyl groups excluding tert-OH is 1. The number of hydrogen-bond acceptors (Lipinski definition) is 8. The number of carboxylic acids is 2. The van der Waals surface area contributed by atoms with E-state index in [0.29, 0.717) is 35.2 Å². The molecule has 0 aliphatic carbocycles. The minimum absolute atomic E-state index is 0.139. The summed E-state index contributed by atoms with van der Waals surface area (Å²) >= 11 is 0. The van der Waals surface area contributed by atoms with Crippen molar-refractivity contribution in [3.8, 4) is 11.5 Å². The third-order valence-electron chi connectivity index (χ3n) is 3.35. The molecule has 10 heteroatoms. The van der Waals surface area contributed by atoms with Crippen LogP contribution in [0.5, 0.6) is 11.5 Å². The Labute approximate surface area is 181 Å². The van der Waals surface area contributed by atoms with E-state index in [9.17, 15) is 9.59 Å². The topological polar surface area (TPSA) is 148 Å². The minimum atomic E-state index is -1.03. The highest BCUT2D eigenvalue weighted by atomic mass is 16.5. The Bertz CT molecular complexity index is 827. The van der Waals surface area contributed by atoms with E-state index in [2.05, 4.69) is 9.97 Å². The summed E-state index contributed by atoms with van der Waals surface area (Å²) < 4.78 is 14.9. The van der Waals surface area contributed by atoms with Crippen LogP contribution in [0.4, 0.5) is 0 Å². The maximum atomic E-state index is 10.3. The predicted molar refractivity (Wildman–Crippen MR) is 112 cm³/mol. The first-order valence-electron chi connectivity index (χ1n) is 9.48. The van der Waals surface area contributed by atoms with E-state index in [4.69, 9.17) is 29.5 Å². The Kier molecular flexibility index (Phi) is 14.0. The summed E-state index contributed by atoms with van der Waals surface area (Å²) in [6.07, 6.45) is 0. The fourth-order valence-electron chi connectivity index (χ4n) is 2.10. The lowest BCUT2D eigenvalue weighted by Gasteiger charge is -2.07. The average molecular weight is 438 g/mol. The van der Waals surface area contributed by atoms with Crippen LogP contribution < -0.4 is 9.47 Å². The Morgan fingerprint density at radius 3 is 1.61 bits per heavy atom. The molecule has 0 saturated heterocycles. The number of aryl methyl sites for hydroxylation is 2. The molecular weight excluding hydrogens is 408 g/mol. The molecule has 0 unspecified atom stereocenters. The van der Waals surface area contributed by atoms with Gasteiger partial charge in [-0.15, -0.1) is 0 Å². The van der Waals surface area contributed by atoms with Gasteiger partial charge >= 0.3 is 11.9 Å². The number of ether oxygens (including phenoxy) is 3. The number of aromatic nitrogens is 2. The monoisotopic (exact) mass is 438 g/mol. The molecule has 0 fully saturated rings. The molecule has 2 heterocycles. The minimum Gasteiger partial charge on any atom is -0.480 e. The maximum absolute atomic E-state index is 10.3. The summed E-state index contributed by atoms with van der Waals surface area (Å²) in [5.74, 6) is -1.13. The third kappa shape index (κ3) is 11.5. The molecule has 3 N–H and O–H groups in total. The number of aliphatic carboxylic acids is 2. The van der Waals surface area contributed by atoms with Gasteiger partial charge in [-0.1, -0.05) is 13.8 Å². The summed E-state index contributed by atoms with van der Waals surface area (Å²) in [7, 11) is 1.59. The predicted octanol–water partition coefficient (Wildman–Crippen LogP) is 2.37. The van der Waals surface area contributed by atoms with Crippen molar-refractivity contribution in [1.29, 1.82) is 0 Å². The van der Waals surface area contributed by atoms with Gasteiger partial charge in [0.25, 0.3) is 0 Å². The molecule has 2 aromatic heterocycles. The van der Waals surface area contributed by atoms with E-state index in [1.807, 2.05) is 13.8 Å². The second-order valence-corrected chi connectivity index (χ2v) is 5.73. The molecule has 0 aliphatic rings. The van der Waals surface area contributed by atoms with E-state index in [1.54, 1.807) is 45.2 Å². The van der Waals surface area contributed by atoms with Gasteiger partial charge in [-0.05, 0) is 38.1 Å². The highest BCUT2D eigenvalue weighted by Gasteiger charge is 2.05. The lowest BCUT2D eigenvalue weighted by molar-refractivity contribution is -0.140. The van der Waals surface area contributed by atoms with Gasteiger partial charge in [0.2, 0.25) is 0 Å². The van der Waals surface area contributed by atoms with Crippen molar-refractivity contribution >= 4 is 11.9 Å². The molecular formula is C21H30N2O8. The number of aliphatic hydroxyl groups is 1. The molecule has 0 bridgehead atoms. The average Bonchev–Trinajstić information content (AvgIpc) is 2.74. The molecule has 10 nitrogen and oxygen atoms in total. The zero-order valence-electron chi connectivity index (χ0n) is 18.4. The maximum Gasteiger partial charge on any atom is 0.341 e. The number of hydrogen-bond donors (Lipinski definition) is 3.